The minimum absolute atomic E-state index is 0.262. The van der Waals surface area contributed by atoms with Crippen molar-refractivity contribution in [2.24, 2.45) is 5.92 Å². The Hall–Kier alpha value is -2.56. The van der Waals surface area contributed by atoms with Crippen molar-refractivity contribution < 1.29 is 14.6 Å². The molecule has 27 heavy (non-hydrogen) atoms. The van der Waals surface area contributed by atoms with Gasteiger partial charge in [0.1, 0.15) is 5.75 Å². The van der Waals surface area contributed by atoms with Crippen LogP contribution in [0, 0.1) is 5.92 Å². The van der Waals surface area contributed by atoms with Crippen LogP contribution in [-0.4, -0.2) is 29.2 Å². The van der Waals surface area contributed by atoms with Crippen LogP contribution in [0.4, 0.5) is 5.69 Å². The van der Waals surface area contributed by atoms with E-state index in [1.807, 2.05) is 0 Å². The highest BCUT2D eigenvalue weighted by molar-refractivity contribution is 5.93. The fraction of sp³-hybridized carbons (Fsp3) is 0.455. The van der Waals surface area contributed by atoms with Crippen LogP contribution in [0.3, 0.4) is 0 Å². The Morgan fingerprint density at radius 2 is 2.15 bits per heavy atom. The maximum Gasteiger partial charge on any atom is 0.337 e. The number of aromatic nitrogens is 1. The zero-order chi connectivity index (χ0) is 18.6. The number of nitrogens with one attached hydrogen (secondary N) is 1. The SMILES string of the molecule is O=C(O)c1ccncc1NCC1CCCc2c(OCCC3CC3)cccc21. The first-order chi connectivity index (χ1) is 13.2. The second-order valence-electron chi connectivity index (χ2n) is 7.60. The number of hydrogen-bond donors (Lipinski definition) is 2. The Labute approximate surface area is 159 Å². The van der Waals surface area contributed by atoms with Crippen LogP contribution in [0.25, 0.3) is 0 Å². The zero-order valence-corrected chi connectivity index (χ0v) is 15.5. The van der Waals surface area contributed by atoms with E-state index in [4.69, 9.17) is 4.74 Å². The van der Waals surface area contributed by atoms with Crippen LogP contribution < -0.4 is 10.1 Å². The Morgan fingerprint density at radius 1 is 1.26 bits per heavy atom. The van der Waals surface area contributed by atoms with Gasteiger partial charge in [0.25, 0.3) is 0 Å². The Balaban J connectivity index is 1.46. The van der Waals surface area contributed by atoms with Gasteiger partial charge in [-0.3, -0.25) is 4.98 Å². The van der Waals surface area contributed by atoms with Crippen molar-refractivity contribution in [3.8, 4) is 5.75 Å². The molecule has 1 heterocycles. The lowest BCUT2D eigenvalue weighted by molar-refractivity contribution is 0.0698. The standard InChI is InChI=1S/C22H26N2O3/c25-22(26)19-9-11-23-14-20(19)24-13-16-3-1-5-18-17(16)4-2-6-21(18)27-12-10-15-7-8-15/h2,4,6,9,11,14-16,24H,1,3,5,7-8,10,12-13H2,(H,25,26). The lowest BCUT2D eigenvalue weighted by Gasteiger charge is -2.28. The lowest BCUT2D eigenvalue weighted by Crippen LogP contribution is -2.20. The number of ether oxygens (including phenoxy) is 1. The van der Waals surface area contributed by atoms with Gasteiger partial charge in [0.15, 0.2) is 0 Å². The minimum atomic E-state index is -0.935. The molecular weight excluding hydrogens is 340 g/mol. The first-order valence-corrected chi connectivity index (χ1v) is 9.88. The van der Waals surface area contributed by atoms with Gasteiger partial charge in [-0.25, -0.2) is 4.79 Å². The number of carbonyl (C=O) groups is 1. The fourth-order valence-electron chi connectivity index (χ4n) is 3.96. The molecule has 2 N–H and O–H groups in total. The number of fused-ring (bicyclic) bond motifs is 1. The summed E-state index contributed by atoms with van der Waals surface area (Å²) >= 11 is 0. The van der Waals surface area contributed by atoms with Crippen LogP contribution in [0.1, 0.15) is 59.5 Å². The minimum Gasteiger partial charge on any atom is -0.493 e. The van der Waals surface area contributed by atoms with Gasteiger partial charge in [0, 0.05) is 18.7 Å². The summed E-state index contributed by atoms with van der Waals surface area (Å²) in [4.78, 5) is 15.4. The van der Waals surface area contributed by atoms with E-state index in [1.165, 1.54) is 36.2 Å². The second kappa shape index (κ2) is 7.99. The van der Waals surface area contributed by atoms with Gasteiger partial charge < -0.3 is 15.2 Å². The highest BCUT2D eigenvalue weighted by Gasteiger charge is 2.24. The molecule has 2 aliphatic rings. The molecule has 1 unspecified atom stereocenters. The maximum atomic E-state index is 11.4. The quantitative estimate of drug-likeness (QED) is 0.720. The van der Waals surface area contributed by atoms with Crippen molar-refractivity contribution in [2.75, 3.05) is 18.5 Å². The van der Waals surface area contributed by atoms with Gasteiger partial charge in [-0.05, 0) is 54.9 Å². The number of anilines is 1. The Morgan fingerprint density at radius 3 is 2.96 bits per heavy atom. The van der Waals surface area contributed by atoms with Crippen molar-refractivity contribution in [3.05, 3.63) is 53.3 Å². The molecule has 2 aromatic rings. The highest BCUT2D eigenvalue weighted by atomic mass is 16.5. The van der Waals surface area contributed by atoms with Crippen LogP contribution in [0.5, 0.6) is 5.75 Å². The van der Waals surface area contributed by atoms with Crippen molar-refractivity contribution in [1.29, 1.82) is 0 Å². The fourth-order valence-corrected chi connectivity index (χ4v) is 3.96. The summed E-state index contributed by atoms with van der Waals surface area (Å²) < 4.78 is 6.11. The summed E-state index contributed by atoms with van der Waals surface area (Å²) in [6.45, 7) is 1.51. The lowest BCUT2D eigenvalue weighted by atomic mass is 9.82. The molecule has 0 spiro atoms. The maximum absolute atomic E-state index is 11.4. The van der Waals surface area contributed by atoms with Gasteiger partial charge in [-0.15, -0.1) is 0 Å². The van der Waals surface area contributed by atoms with Crippen molar-refractivity contribution in [2.45, 2.75) is 44.4 Å². The molecule has 0 bridgehead atoms. The summed E-state index contributed by atoms with van der Waals surface area (Å²) in [5.74, 6) is 1.33. The summed E-state index contributed by atoms with van der Waals surface area (Å²) in [5.41, 5.74) is 3.50. The zero-order valence-electron chi connectivity index (χ0n) is 15.5. The van der Waals surface area contributed by atoms with Crippen molar-refractivity contribution in [3.63, 3.8) is 0 Å². The van der Waals surface area contributed by atoms with Crippen LogP contribution in [0.15, 0.2) is 36.7 Å². The molecule has 5 nitrogen and oxygen atoms in total. The van der Waals surface area contributed by atoms with E-state index in [0.29, 0.717) is 18.2 Å². The predicted octanol–water partition coefficient (Wildman–Crippen LogP) is 4.49. The van der Waals surface area contributed by atoms with E-state index in [9.17, 15) is 9.90 Å². The predicted molar refractivity (Wildman–Crippen MR) is 105 cm³/mol. The van der Waals surface area contributed by atoms with E-state index in [1.54, 1.807) is 6.20 Å². The molecule has 1 fully saturated rings. The topological polar surface area (TPSA) is 71.5 Å². The average Bonchev–Trinajstić information content (AvgIpc) is 3.51. The van der Waals surface area contributed by atoms with E-state index < -0.39 is 5.97 Å². The number of hydrogen-bond acceptors (Lipinski definition) is 4. The van der Waals surface area contributed by atoms with E-state index >= 15 is 0 Å². The van der Waals surface area contributed by atoms with Gasteiger partial charge in [-0.1, -0.05) is 25.0 Å². The van der Waals surface area contributed by atoms with Gasteiger partial charge >= 0.3 is 5.97 Å². The molecular formula is C22H26N2O3. The van der Waals surface area contributed by atoms with E-state index in [2.05, 4.69) is 28.5 Å². The summed E-state index contributed by atoms with van der Waals surface area (Å²) in [7, 11) is 0. The monoisotopic (exact) mass is 366 g/mol. The van der Waals surface area contributed by atoms with Crippen LogP contribution >= 0.6 is 0 Å². The molecule has 2 aliphatic carbocycles. The summed E-state index contributed by atoms with van der Waals surface area (Å²) in [5, 5.41) is 12.6. The summed E-state index contributed by atoms with van der Waals surface area (Å²) in [6.07, 6.45) is 10.2. The Bertz CT molecular complexity index is 817. The van der Waals surface area contributed by atoms with Crippen LogP contribution in [0.2, 0.25) is 0 Å². The molecule has 0 saturated heterocycles. The second-order valence-corrected chi connectivity index (χ2v) is 7.60. The molecule has 0 amide bonds. The number of nitrogens with zero attached hydrogens (tertiary/aromatic N) is 1. The van der Waals surface area contributed by atoms with Crippen molar-refractivity contribution in [1.82, 2.24) is 4.98 Å². The first-order valence-electron chi connectivity index (χ1n) is 9.88. The molecule has 1 aromatic carbocycles. The van der Waals surface area contributed by atoms with E-state index in [0.717, 1.165) is 44.0 Å². The first kappa shape index (κ1) is 17.8. The average molecular weight is 366 g/mol. The van der Waals surface area contributed by atoms with Crippen LogP contribution in [-0.2, 0) is 6.42 Å². The molecule has 0 radical (unpaired) electrons. The third-order valence-corrected chi connectivity index (χ3v) is 5.66. The molecule has 5 heteroatoms. The summed E-state index contributed by atoms with van der Waals surface area (Å²) in [6, 6.07) is 7.89. The molecule has 4 rings (SSSR count). The highest BCUT2D eigenvalue weighted by Crippen LogP contribution is 2.38. The smallest absolute Gasteiger partial charge is 0.337 e. The Kier molecular flexibility index (Phi) is 5.28. The van der Waals surface area contributed by atoms with Crippen molar-refractivity contribution >= 4 is 11.7 Å². The number of carboxylic acid groups (broad SMARTS) is 1. The van der Waals surface area contributed by atoms with E-state index in [-0.39, 0.29) is 5.56 Å². The number of carboxylic acids is 1. The normalized spacial score (nSPS) is 18.6. The molecule has 0 aliphatic heterocycles. The van der Waals surface area contributed by atoms with Gasteiger partial charge in [0.05, 0.1) is 24.1 Å². The molecule has 1 saturated carbocycles. The number of aromatic carboxylic acids is 1. The third-order valence-electron chi connectivity index (χ3n) is 5.66. The largest absolute Gasteiger partial charge is 0.493 e. The number of rotatable bonds is 8. The third kappa shape index (κ3) is 4.24. The molecule has 142 valence electrons. The van der Waals surface area contributed by atoms with Gasteiger partial charge in [-0.2, -0.15) is 0 Å². The molecule has 1 atom stereocenters. The number of benzene rings is 1. The number of pyridine rings is 1. The van der Waals surface area contributed by atoms with Gasteiger partial charge in [0.2, 0.25) is 0 Å². The molecule has 1 aromatic heterocycles.